The van der Waals surface area contributed by atoms with E-state index in [0.29, 0.717) is 19.8 Å². The zero-order valence-corrected chi connectivity index (χ0v) is 17.1. The molecule has 0 unspecified atom stereocenters. The van der Waals surface area contributed by atoms with Crippen LogP contribution in [0.1, 0.15) is 24.0 Å². The molecule has 5 nitrogen and oxygen atoms in total. The monoisotopic (exact) mass is 401 g/mol. The Labute approximate surface area is 177 Å². The molecule has 3 heterocycles. The molecule has 154 valence electrons. The van der Waals surface area contributed by atoms with Gasteiger partial charge in [-0.05, 0) is 72.2 Å². The van der Waals surface area contributed by atoms with E-state index in [1.807, 2.05) is 24.3 Å². The van der Waals surface area contributed by atoms with E-state index in [4.69, 9.17) is 4.74 Å². The number of nitrogens with one attached hydrogen (secondary N) is 1. The number of nitrogens with zero attached hydrogens (tertiary/aromatic N) is 2. The van der Waals surface area contributed by atoms with Crippen molar-refractivity contribution in [3.63, 3.8) is 0 Å². The number of amides is 1. The Bertz CT molecular complexity index is 954. The number of carbonyl (C=O) groups is 1. The Morgan fingerprint density at radius 1 is 0.900 bits per heavy atom. The highest BCUT2D eigenvalue weighted by Gasteiger charge is 2.39. The zero-order chi connectivity index (χ0) is 20.7. The Morgan fingerprint density at radius 2 is 1.60 bits per heavy atom. The molecule has 1 aliphatic rings. The third-order valence-electron chi connectivity index (χ3n) is 5.86. The van der Waals surface area contributed by atoms with Crippen molar-refractivity contribution in [3.8, 4) is 11.1 Å². The summed E-state index contributed by atoms with van der Waals surface area (Å²) in [4.78, 5) is 21.4. The number of aromatic nitrogens is 2. The van der Waals surface area contributed by atoms with Crippen molar-refractivity contribution >= 4 is 5.91 Å². The number of rotatable bonds is 7. The number of benzene rings is 1. The average molecular weight is 402 g/mol. The number of ether oxygens (including phenoxy) is 1. The van der Waals surface area contributed by atoms with Crippen LogP contribution in [0.3, 0.4) is 0 Å². The van der Waals surface area contributed by atoms with Crippen LogP contribution >= 0.6 is 0 Å². The maximum atomic E-state index is 13.3. The Morgan fingerprint density at radius 3 is 2.33 bits per heavy atom. The molecule has 0 aliphatic carbocycles. The Hall–Kier alpha value is -3.05. The maximum absolute atomic E-state index is 13.3. The van der Waals surface area contributed by atoms with Crippen LogP contribution in [0.2, 0.25) is 0 Å². The standard InChI is InChI=1S/C25H27N3O2/c29-24(28-15-6-20-4-11-26-12-5-20)25(9-16-30-17-10-25)19-21-2-1-3-23(18-21)22-7-13-27-14-8-22/h1-5,7-8,11-14,18H,6,9-10,15-17,19H2,(H,28,29). The second-order valence-corrected chi connectivity index (χ2v) is 7.87. The molecule has 2 aromatic heterocycles. The van der Waals surface area contributed by atoms with Crippen molar-refractivity contribution < 1.29 is 9.53 Å². The Kier molecular flexibility index (Phi) is 6.50. The molecule has 30 heavy (non-hydrogen) atoms. The van der Waals surface area contributed by atoms with Crippen LogP contribution in [0.5, 0.6) is 0 Å². The predicted molar refractivity (Wildman–Crippen MR) is 117 cm³/mol. The molecule has 1 saturated heterocycles. The minimum absolute atomic E-state index is 0.133. The van der Waals surface area contributed by atoms with E-state index in [0.717, 1.165) is 36.8 Å². The predicted octanol–water partition coefficient (Wildman–Crippen LogP) is 3.84. The van der Waals surface area contributed by atoms with Gasteiger partial charge in [0.05, 0.1) is 5.41 Å². The lowest BCUT2D eigenvalue weighted by Crippen LogP contribution is -2.46. The number of pyridine rings is 2. The van der Waals surface area contributed by atoms with Gasteiger partial charge in [-0.1, -0.05) is 24.3 Å². The molecule has 4 rings (SSSR count). The summed E-state index contributed by atoms with van der Waals surface area (Å²) in [5.74, 6) is 0.133. The summed E-state index contributed by atoms with van der Waals surface area (Å²) >= 11 is 0. The zero-order valence-electron chi connectivity index (χ0n) is 17.1. The van der Waals surface area contributed by atoms with Crippen molar-refractivity contribution in [3.05, 3.63) is 84.4 Å². The van der Waals surface area contributed by atoms with E-state index in [9.17, 15) is 4.79 Å². The molecule has 1 amide bonds. The van der Waals surface area contributed by atoms with E-state index in [-0.39, 0.29) is 5.91 Å². The molecule has 0 atom stereocenters. The van der Waals surface area contributed by atoms with Gasteiger partial charge in [0.25, 0.3) is 0 Å². The topological polar surface area (TPSA) is 64.1 Å². The van der Waals surface area contributed by atoms with Crippen molar-refractivity contribution in [2.24, 2.45) is 5.41 Å². The fraction of sp³-hybridized carbons (Fsp3) is 0.320. The first-order valence-corrected chi connectivity index (χ1v) is 10.5. The van der Waals surface area contributed by atoms with E-state index in [2.05, 4.69) is 39.6 Å². The first-order chi connectivity index (χ1) is 14.8. The maximum Gasteiger partial charge on any atom is 0.226 e. The fourth-order valence-electron chi connectivity index (χ4n) is 4.10. The van der Waals surface area contributed by atoms with E-state index >= 15 is 0 Å². The molecule has 5 heteroatoms. The van der Waals surface area contributed by atoms with Gasteiger partial charge in [0.15, 0.2) is 0 Å². The molecule has 0 spiro atoms. The van der Waals surface area contributed by atoms with E-state index < -0.39 is 5.41 Å². The van der Waals surface area contributed by atoms with Gasteiger partial charge in [-0.25, -0.2) is 0 Å². The number of carbonyl (C=O) groups excluding carboxylic acids is 1. The summed E-state index contributed by atoms with van der Waals surface area (Å²) < 4.78 is 5.59. The normalized spacial score (nSPS) is 15.5. The first kappa shape index (κ1) is 20.2. The van der Waals surface area contributed by atoms with E-state index in [1.54, 1.807) is 24.8 Å². The molecule has 1 aliphatic heterocycles. The molecule has 3 aromatic rings. The molecule has 0 saturated carbocycles. The number of hydrogen-bond donors (Lipinski definition) is 1. The highest BCUT2D eigenvalue weighted by Crippen LogP contribution is 2.35. The van der Waals surface area contributed by atoms with Crippen LogP contribution in [-0.2, 0) is 22.4 Å². The molecule has 1 N–H and O–H groups in total. The summed E-state index contributed by atoms with van der Waals surface area (Å²) in [5.41, 5.74) is 4.21. The molecular weight excluding hydrogens is 374 g/mol. The third-order valence-corrected chi connectivity index (χ3v) is 5.86. The van der Waals surface area contributed by atoms with Crippen LogP contribution in [0, 0.1) is 5.41 Å². The molecule has 0 radical (unpaired) electrons. The quantitative estimate of drug-likeness (QED) is 0.653. The summed E-state index contributed by atoms with van der Waals surface area (Å²) in [6.45, 7) is 1.88. The van der Waals surface area contributed by atoms with Crippen molar-refractivity contribution in [2.75, 3.05) is 19.8 Å². The summed E-state index contributed by atoms with van der Waals surface area (Å²) in [7, 11) is 0. The largest absolute Gasteiger partial charge is 0.381 e. The van der Waals surface area contributed by atoms with Crippen molar-refractivity contribution in [1.29, 1.82) is 0 Å². The van der Waals surface area contributed by atoms with Gasteiger partial charge in [0.2, 0.25) is 5.91 Å². The number of hydrogen-bond acceptors (Lipinski definition) is 4. The van der Waals surface area contributed by atoms with Gasteiger partial charge in [-0.15, -0.1) is 0 Å². The highest BCUT2D eigenvalue weighted by atomic mass is 16.5. The van der Waals surface area contributed by atoms with Crippen LogP contribution in [0.15, 0.2) is 73.3 Å². The lowest BCUT2D eigenvalue weighted by atomic mass is 9.74. The van der Waals surface area contributed by atoms with E-state index in [1.165, 1.54) is 11.1 Å². The van der Waals surface area contributed by atoms with Crippen molar-refractivity contribution in [1.82, 2.24) is 15.3 Å². The minimum Gasteiger partial charge on any atom is -0.381 e. The molecule has 1 aromatic carbocycles. The smallest absolute Gasteiger partial charge is 0.226 e. The SMILES string of the molecule is O=C(NCCc1ccncc1)C1(Cc2cccc(-c3ccncc3)c2)CCOCC1. The summed E-state index contributed by atoms with van der Waals surface area (Å²) in [5, 5.41) is 3.19. The van der Waals surface area contributed by atoms with Gasteiger partial charge < -0.3 is 10.1 Å². The second kappa shape index (κ2) is 9.63. The van der Waals surface area contributed by atoms with Crippen LogP contribution in [0.25, 0.3) is 11.1 Å². The lowest BCUT2D eigenvalue weighted by molar-refractivity contribution is -0.136. The van der Waals surface area contributed by atoms with Crippen LogP contribution < -0.4 is 5.32 Å². The molecule has 1 fully saturated rings. The molecule has 0 bridgehead atoms. The van der Waals surface area contributed by atoms with Gasteiger partial charge in [0, 0.05) is 44.5 Å². The van der Waals surface area contributed by atoms with Gasteiger partial charge in [0.1, 0.15) is 0 Å². The fourth-order valence-corrected chi connectivity index (χ4v) is 4.10. The second-order valence-electron chi connectivity index (χ2n) is 7.87. The highest BCUT2D eigenvalue weighted by molar-refractivity contribution is 5.83. The third kappa shape index (κ3) is 4.92. The Balaban J connectivity index is 1.47. The minimum atomic E-state index is -0.423. The summed E-state index contributed by atoms with van der Waals surface area (Å²) in [6, 6.07) is 16.5. The lowest BCUT2D eigenvalue weighted by Gasteiger charge is -2.36. The van der Waals surface area contributed by atoms with Crippen LogP contribution in [0.4, 0.5) is 0 Å². The van der Waals surface area contributed by atoms with Gasteiger partial charge >= 0.3 is 0 Å². The van der Waals surface area contributed by atoms with Gasteiger partial charge in [-0.2, -0.15) is 0 Å². The summed E-state index contributed by atoms with van der Waals surface area (Å²) in [6.07, 6.45) is 10.2. The molecular formula is C25H27N3O2. The van der Waals surface area contributed by atoms with Crippen molar-refractivity contribution in [2.45, 2.75) is 25.7 Å². The first-order valence-electron chi connectivity index (χ1n) is 10.5. The van der Waals surface area contributed by atoms with Crippen LogP contribution in [-0.4, -0.2) is 35.6 Å². The van der Waals surface area contributed by atoms with Gasteiger partial charge in [-0.3, -0.25) is 14.8 Å². The average Bonchev–Trinajstić information content (AvgIpc) is 2.81.